The summed E-state index contributed by atoms with van der Waals surface area (Å²) in [6.07, 6.45) is -0.220. The predicted molar refractivity (Wildman–Crippen MR) is 84.9 cm³/mol. The molecule has 0 aromatic carbocycles. The minimum absolute atomic E-state index is 0.0263. The number of hydrogen-bond acceptors (Lipinski definition) is 6. The van der Waals surface area contributed by atoms with Crippen LogP contribution in [0.3, 0.4) is 0 Å². The van der Waals surface area contributed by atoms with Crippen molar-refractivity contribution in [1.82, 2.24) is 10.2 Å². The average Bonchev–Trinajstić information content (AvgIpc) is 3.19. The molecular weight excluding hydrogens is 324 g/mol. The highest BCUT2D eigenvalue weighted by Crippen LogP contribution is 2.33. The first-order valence-corrected chi connectivity index (χ1v) is 9.14. The predicted octanol–water partition coefficient (Wildman–Crippen LogP) is 1.05. The Bertz CT molecular complexity index is 543. The number of aliphatic hydroxyl groups excluding tert-OH is 1. The molecule has 2 aliphatic rings. The number of nitrogens with one attached hydrogen (secondary N) is 1. The van der Waals surface area contributed by atoms with Gasteiger partial charge in [-0.2, -0.15) is 11.8 Å². The molecule has 0 aliphatic carbocycles. The second kappa shape index (κ2) is 6.57. The number of nitrogens with zero attached hydrogens (tertiary/aromatic N) is 1. The molecule has 2 fully saturated rings. The molecule has 2 aliphatic heterocycles. The Balaban J connectivity index is 1.49. The summed E-state index contributed by atoms with van der Waals surface area (Å²) >= 11 is 3.24. The minimum Gasteiger partial charge on any atom is -0.389 e. The quantitative estimate of drug-likeness (QED) is 0.756. The Morgan fingerprint density at radius 2 is 2.36 bits per heavy atom. The van der Waals surface area contributed by atoms with Crippen molar-refractivity contribution in [3.63, 3.8) is 0 Å². The third-order valence-corrected chi connectivity index (χ3v) is 5.84. The number of hydrogen-bond donors (Lipinski definition) is 2. The maximum atomic E-state index is 12.4. The zero-order valence-corrected chi connectivity index (χ0v) is 13.6. The normalized spacial score (nSPS) is 26.0. The molecule has 2 unspecified atom stereocenters. The van der Waals surface area contributed by atoms with Crippen molar-refractivity contribution in [2.45, 2.75) is 24.7 Å². The van der Waals surface area contributed by atoms with Crippen LogP contribution in [-0.4, -0.2) is 58.2 Å². The van der Waals surface area contributed by atoms with Crippen molar-refractivity contribution >= 4 is 35.0 Å². The van der Waals surface area contributed by atoms with Gasteiger partial charge < -0.3 is 15.2 Å². The molecular formula is C14H18N2O4S2. The van der Waals surface area contributed by atoms with Gasteiger partial charge >= 0.3 is 6.03 Å². The molecule has 6 nitrogen and oxygen atoms in total. The number of amides is 3. The summed E-state index contributed by atoms with van der Waals surface area (Å²) in [7, 11) is 0. The molecule has 22 heavy (non-hydrogen) atoms. The molecule has 8 heteroatoms. The van der Waals surface area contributed by atoms with E-state index >= 15 is 0 Å². The molecule has 0 radical (unpaired) electrons. The summed E-state index contributed by atoms with van der Waals surface area (Å²) in [6.45, 7) is 0.494. The first-order valence-electron chi connectivity index (χ1n) is 7.11. The third kappa shape index (κ3) is 3.15. The fourth-order valence-electron chi connectivity index (χ4n) is 2.63. The second-order valence-corrected chi connectivity index (χ2v) is 7.62. The fourth-order valence-corrected chi connectivity index (χ4v) is 4.59. The van der Waals surface area contributed by atoms with Gasteiger partial charge in [-0.3, -0.25) is 9.69 Å². The number of carbonyl (C=O) groups is 2. The Hall–Kier alpha value is -1.09. The summed E-state index contributed by atoms with van der Waals surface area (Å²) in [5, 5.41) is 14.7. The topological polar surface area (TPSA) is 78.9 Å². The lowest BCUT2D eigenvalue weighted by Gasteiger charge is -2.20. The lowest BCUT2D eigenvalue weighted by atomic mass is 9.99. The Morgan fingerprint density at radius 3 is 3.05 bits per heavy atom. The van der Waals surface area contributed by atoms with Gasteiger partial charge in [-0.15, -0.1) is 11.3 Å². The third-order valence-electron chi connectivity index (χ3n) is 3.80. The summed E-state index contributed by atoms with van der Waals surface area (Å²) in [5.41, 5.74) is -0.751. The van der Waals surface area contributed by atoms with E-state index in [1.165, 1.54) is 0 Å². The summed E-state index contributed by atoms with van der Waals surface area (Å²) in [6, 6.07) is 3.48. The van der Waals surface area contributed by atoms with E-state index in [1.54, 1.807) is 23.1 Å². The SMILES string of the molecule is O=C1NC2(CCSC2)C(=O)N1CC(O)COCc1cccs1. The van der Waals surface area contributed by atoms with Crippen LogP contribution in [0.15, 0.2) is 17.5 Å². The van der Waals surface area contributed by atoms with Gasteiger partial charge in [-0.25, -0.2) is 4.79 Å². The zero-order chi connectivity index (χ0) is 15.6. The molecule has 2 N–H and O–H groups in total. The van der Waals surface area contributed by atoms with E-state index in [4.69, 9.17) is 4.74 Å². The van der Waals surface area contributed by atoms with Gasteiger partial charge in [0.2, 0.25) is 0 Å². The summed E-state index contributed by atoms with van der Waals surface area (Å²) in [5.74, 6) is 1.26. The number of thioether (sulfide) groups is 1. The lowest BCUT2D eigenvalue weighted by Crippen LogP contribution is -2.47. The summed E-state index contributed by atoms with van der Waals surface area (Å²) in [4.78, 5) is 26.6. The first kappa shape index (κ1) is 15.8. The largest absolute Gasteiger partial charge is 0.389 e. The number of carbonyl (C=O) groups excluding carboxylic acids is 2. The highest BCUT2D eigenvalue weighted by atomic mass is 32.2. The number of rotatable bonds is 6. The number of β-amino-alcohol motifs (C(OH)–C–C–N with tert-alkyl or cyclic N) is 1. The van der Waals surface area contributed by atoms with Crippen LogP contribution < -0.4 is 5.32 Å². The number of aliphatic hydroxyl groups is 1. The van der Waals surface area contributed by atoms with Crippen LogP contribution in [-0.2, 0) is 16.1 Å². The van der Waals surface area contributed by atoms with E-state index in [1.807, 2.05) is 17.5 Å². The van der Waals surface area contributed by atoms with Gasteiger partial charge in [0, 0.05) is 10.6 Å². The molecule has 0 bridgehead atoms. The minimum atomic E-state index is -0.876. The Morgan fingerprint density at radius 1 is 1.50 bits per heavy atom. The van der Waals surface area contributed by atoms with Gasteiger partial charge in [-0.1, -0.05) is 6.07 Å². The molecule has 3 rings (SSSR count). The maximum absolute atomic E-state index is 12.4. The van der Waals surface area contributed by atoms with Crippen LogP contribution in [0.5, 0.6) is 0 Å². The Labute approximate surface area is 136 Å². The number of urea groups is 1. The molecule has 1 spiro atoms. The van der Waals surface area contributed by atoms with Gasteiger partial charge in [-0.05, 0) is 23.6 Å². The van der Waals surface area contributed by atoms with Crippen molar-refractivity contribution in [2.75, 3.05) is 24.7 Å². The van der Waals surface area contributed by atoms with E-state index in [9.17, 15) is 14.7 Å². The van der Waals surface area contributed by atoms with E-state index in [0.29, 0.717) is 18.8 Å². The van der Waals surface area contributed by atoms with Crippen LogP contribution in [0.4, 0.5) is 4.79 Å². The maximum Gasteiger partial charge on any atom is 0.325 e. The van der Waals surface area contributed by atoms with E-state index < -0.39 is 17.7 Å². The molecule has 2 atom stereocenters. The number of ether oxygens (including phenoxy) is 1. The smallest absolute Gasteiger partial charge is 0.325 e. The van der Waals surface area contributed by atoms with Gasteiger partial charge in [0.15, 0.2) is 0 Å². The number of thiophene rings is 1. The molecule has 1 aromatic heterocycles. The van der Waals surface area contributed by atoms with Crippen LogP contribution in [0.2, 0.25) is 0 Å². The molecule has 0 saturated carbocycles. The van der Waals surface area contributed by atoms with Crippen molar-refractivity contribution in [3.05, 3.63) is 22.4 Å². The highest BCUT2D eigenvalue weighted by molar-refractivity contribution is 7.99. The first-order chi connectivity index (χ1) is 10.6. The van der Waals surface area contributed by atoms with Gasteiger partial charge in [0.05, 0.1) is 25.9 Å². The van der Waals surface area contributed by atoms with Crippen LogP contribution in [0, 0.1) is 0 Å². The van der Waals surface area contributed by atoms with Crippen molar-refractivity contribution < 1.29 is 19.4 Å². The lowest BCUT2D eigenvalue weighted by molar-refractivity contribution is -0.131. The number of imide groups is 1. The molecule has 2 saturated heterocycles. The van der Waals surface area contributed by atoms with E-state index in [0.717, 1.165) is 15.5 Å². The molecule has 3 heterocycles. The van der Waals surface area contributed by atoms with E-state index in [-0.39, 0.29) is 19.1 Å². The van der Waals surface area contributed by atoms with Crippen molar-refractivity contribution in [2.24, 2.45) is 0 Å². The van der Waals surface area contributed by atoms with Crippen molar-refractivity contribution in [3.8, 4) is 0 Å². The van der Waals surface area contributed by atoms with Crippen LogP contribution in [0.25, 0.3) is 0 Å². The molecule has 120 valence electrons. The van der Waals surface area contributed by atoms with E-state index in [2.05, 4.69) is 5.32 Å². The van der Waals surface area contributed by atoms with Crippen LogP contribution >= 0.6 is 23.1 Å². The monoisotopic (exact) mass is 342 g/mol. The van der Waals surface area contributed by atoms with Gasteiger partial charge in [0.25, 0.3) is 5.91 Å². The highest BCUT2D eigenvalue weighted by Gasteiger charge is 2.53. The molecule has 1 aromatic rings. The fraction of sp³-hybridized carbons (Fsp3) is 0.571. The van der Waals surface area contributed by atoms with Gasteiger partial charge in [0.1, 0.15) is 5.54 Å². The summed E-state index contributed by atoms with van der Waals surface area (Å²) < 4.78 is 5.42. The van der Waals surface area contributed by atoms with Crippen molar-refractivity contribution in [1.29, 1.82) is 0 Å². The standard InChI is InChI=1S/C14H18N2O4S2/c17-10(7-20-8-11-2-1-4-22-11)6-16-12(18)14(15-13(16)19)3-5-21-9-14/h1-2,4,10,17H,3,5-9H2,(H,15,19). The zero-order valence-electron chi connectivity index (χ0n) is 12.0. The molecule has 3 amide bonds. The van der Waals surface area contributed by atoms with Crippen LogP contribution in [0.1, 0.15) is 11.3 Å². The average molecular weight is 342 g/mol. The second-order valence-electron chi connectivity index (χ2n) is 5.48. The Kier molecular flexibility index (Phi) is 4.72.